The van der Waals surface area contributed by atoms with Crippen LogP contribution in [-0.2, 0) is 22.5 Å². The number of quaternary nitrogens is 1. The number of amides is 2. The highest BCUT2D eigenvalue weighted by Crippen LogP contribution is 2.31. The van der Waals surface area contributed by atoms with Gasteiger partial charge in [-0.3, -0.25) is 14.9 Å². The maximum Gasteiger partial charge on any atom is 0.411 e. The number of aromatic hydroxyl groups is 1. The minimum Gasteiger partial charge on any atom is -0.506 e. The lowest BCUT2D eigenvalue weighted by molar-refractivity contribution is -0.896. The molecule has 282 valence electrons. The Morgan fingerprint density at radius 1 is 0.963 bits per heavy atom. The average molecular weight is 737 g/mol. The summed E-state index contributed by atoms with van der Waals surface area (Å²) in [6, 6.07) is 26.0. The number of aryl methyl sites for hydroxylation is 1. The van der Waals surface area contributed by atoms with Gasteiger partial charge in [0.15, 0.2) is 0 Å². The van der Waals surface area contributed by atoms with E-state index in [-0.39, 0.29) is 48.3 Å². The number of nitrogens with one attached hydrogen (secondary N) is 4. The molecule has 0 bridgehead atoms. The Labute approximate surface area is 313 Å². The van der Waals surface area contributed by atoms with Crippen molar-refractivity contribution in [2.24, 2.45) is 0 Å². The van der Waals surface area contributed by atoms with Gasteiger partial charge in [0, 0.05) is 60.6 Å². The van der Waals surface area contributed by atoms with Gasteiger partial charge in [0.1, 0.15) is 17.7 Å². The van der Waals surface area contributed by atoms with E-state index in [2.05, 4.69) is 35.0 Å². The summed E-state index contributed by atoms with van der Waals surface area (Å²) in [6.45, 7) is 2.12. The number of fused-ring (bicyclic) bond motifs is 1. The van der Waals surface area contributed by atoms with Crippen LogP contribution in [0.2, 0.25) is 0 Å². The maximum absolute atomic E-state index is 15.0. The topological polar surface area (TPSA) is 153 Å². The summed E-state index contributed by atoms with van der Waals surface area (Å²) in [5.41, 5.74) is 4.49. The zero-order valence-electron chi connectivity index (χ0n) is 30.5. The third-order valence-corrected chi connectivity index (χ3v) is 9.92. The van der Waals surface area contributed by atoms with Gasteiger partial charge in [-0.25, -0.2) is 9.18 Å². The summed E-state index contributed by atoms with van der Waals surface area (Å²) < 4.78 is 21.7. The molecule has 1 aromatic heterocycles. The van der Waals surface area contributed by atoms with Gasteiger partial charge < -0.3 is 35.1 Å². The Hall–Kier alpha value is -5.56. The molecule has 0 radical (unpaired) electrons. The fourth-order valence-electron chi connectivity index (χ4n) is 6.82. The van der Waals surface area contributed by atoms with Crippen LogP contribution in [0.4, 0.5) is 20.6 Å². The van der Waals surface area contributed by atoms with Crippen LogP contribution in [-0.4, -0.2) is 71.5 Å². The molecule has 0 aliphatic carbocycles. The molecule has 6 rings (SSSR count). The van der Waals surface area contributed by atoms with Crippen LogP contribution >= 0.6 is 0 Å². The largest absolute Gasteiger partial charge is 0.506 e. The van der Waals surface area contributed by atoms with Crippen LogP contribution in [0.15, 0.2) is 95.8 Å². The molecule has 1 fully saturated rings. The molecule has 1 aliphatic heterocycles. The van der Waals surface area contributed by atoms with Crippen LogP contribution in [0.3, 0.4) is 0 Å². The summed E-state index contributed by atoms with van der Waals surface area (Å²) in [5, 5.41) is 30.2. The number of hydrogen-bond donors (Lipinski definition) is 6. The number of aliphatic hydroxyl groups is 1. The number of anilines is 2. The molecule has 0 spiro atoms. The third-order valence-electron chi connectivity index (χ3n) is 9.92. The van der Waals surface area contributed by atoms with Gasteiger partial charge >= 0.3 is 6.09 Å². The summed E-state index contributed by atoms with van der Waals surface area (Å²) in [4.78, 5) is 40.1. The van der Waals surface area contributed by atoms with Crippen molar-refractivity contribution in [2.75, 3.05) is 44.4 Å². The van der Waals surface area contributed by atoms with Crippen LogP contribution in [0.25, 0.3) is 22.0 Å². The van der Waals surface area contributed by atoms with Crippen molar-refractivity contribution in [3.8, 4) is 16.9 Å². The van der Waals surface area contributed by atoms with Gasteiger partial charge in [-0.2, -0.15) is 0 Å². The molecule has 2 heterocycles. The molecule has 1 atom stereocenters. The first-order valence-corrected chi connectivity index (χ1v) is 18.2. The summed E-state index contributed by atoms with van der Waals surface area (Å²) in [5.74, 6) is -0.857. The molecular formula is C42H47FN5O6+. The van der Waals surface area contributed by atoms with E-state index in [9.17, 15) is 24.6 Å². The molecule has 0 saturated carbocycles. The lowest BCUT2D eigenvalue weighted by Gasteiger charge is -2.36. The minimum absolute atomic E-state index is 0.0894. The van der Waals surface area contributed by atoms with Gasteiger partial charge in [-0.1, -0.05) is 54.6 Å². The number of nitrogens with zero attached hydrogens (tertiary/aromatic N) is 1. The van der Waals surface area contributed by atoms with Crippen LogP contribution < -0.4 is 21.5 Å². The molecule has 11 nitrogen and oxygen atoms in total. The van der Waals surface area contributed by atoms with E-state index in [0.29, 0.717) is 40.7 Å². The second-order valence-electron chi connectivity index (χ2n) is 14.5. The number of carbonyl (C=O) groups excluding carboxylic acids is 2. The van der Waals surface area contributed by atoms with Crippen molar-refractivity contribution < 1.29 is 33.4 Å². The normalized spacial score (nSPS) is 14.7. The first-order valence-electron chi connectivity index (χ1n) is 18.2. The second kappa shape index (κ2) is 17.1. The number of carbonyl (C=O) groups is 2. The van der Waals surface area contributed by atoms with Crippen LogP contribution in [0.1, 0.15) is 48.5 Å². The van der Waals surface area contributed by atoms with Gasteiger partial charge in [0.2, 0.25) is 11.5 Å². The SMILES string of the molecule is C[N+]1(C)CCC(OC(=O)Nc2cc(CCCC(=O)Nc3ccc(CNC[C@@H](O)c4ccc(O)c5[nH]c(=O)ccc45)c(F)c3)ccc2-c2ccccc2)CC1. The number of aliphatic hydroxyl groups excluding tert-OH is 1. The van der Waals surface area contributed by atoms with Crippen molar-refractivity contribution in [3.63, 3.8) is 0 Å². The molecule has 4 aromatic carbocycles. The zero-order valence-corrected chi connectivity index (χ0v) is 30.5. The molecule has 1 aliphatic rings. The van der Waals surface area contributed by atoms with Crippen molar-refractivity contribution in [1.29, 1.82) is 0 Å². The van der Waals surface area contributed by atoms with Crippen LogP contribution in [0, 0.1) is 5.82 Å². The van der Waals surface area contributed by atoms with E-state index in [0.717, 1.165) is 47.1 Å². The molecule has 5 aromatic rings. The molecule has 2 amide bonds. The number of H-pyrrole nitrogens is 1. The van der Waals surface area contributed by atoms with E-state index >= 15 is 4.39 Å². The van der Waals surface area contributed by atoms with Gasteiger partial charge in [-0.15, -0.1) is 0 Å². The second-order valence-corrected chi connectivity index (χ2v) is 14.5. The van der Waals surface area contributed by atoms with Gasteiger partial charge in [0.05, 0.1) is 44.5 Å². The monoisotopic (exact) mass is 736 g/mol. The Bertz CT molecular complexity index is 2160. The first kappa shape index (κ1) is 38.2. The number of pyridine rings is 1. The lowest BCUT2D eigenvalue weighted by atomic mass is 9.99. The third kappa shape index (κ3) is 9.90. The van der Waals surface area contributed by atoms with E-state index < -0.39 is 18.0 Å². The molecule has 6 N–H and O–H groups in total. The smallest absolute Gasteiger partial charge is 0.411 e. The van der Waals surface area contributed by atoms with Crippen molar-refractivity contribution in [3.05, 3.63) is 124 Å². The highest BCUT2D eigenvalue weighted by atomic mass is 19.1. The first-order chi connectivity index (χ1) is 25.9. The van der Waals surface area contributed by atoms with Crippen molar-refractivity contribution in [2.45, 2.75) is 50.9 Å². The number of aromatic amines is 1. The van der Waals surface area contributed by atoms with Gasteiger partial charge in [-0.05, 0) is 59.9 Å². The van der Waals surface area contributed by atoms with Crippen molar-refractivity contribution in [1.82, 2.24) is 10.3 Å². The Balaban J connectivity index is 0.995. The highest BCUT2D eigenvalue weighted by molar-refractivity contribution is 5.92. The number of likely N-dealkylation sites (tertiary alicyclic amines) is 1. The minimum atomic E-state index is -0.986. The summed E-state index contributed by atoms with van der Waals surface area (Å²) in [7, 11) is 4.36. The molecular weight excluding hydrogens is 689 g/mol. The number of ether oxygens (including phenoxy) is 1. The Kier molecular flexibility index (Phi) is 12.1. The molecule has 0 unspecified atom stereocenters. The highest BCUT2D eigenvalue weighted by Gasteiger charge is 2.28. The number of phenols is 1. The zero-order chi connectivity index (χ0) is 38.2. The van der Waals surface area contributed by atoms with E-state index in [1.165, 1.54) is 24.3 Å². The number of benzene rings is 4. The average Bonchev–Trinajstić information content (AvgIpc) is 3.14. The predicted octanol–water partition coefficient (Wildman–Crippen LogP) is 6.61. The fourth-order valence-corrected chi connectivity index (χ4v) is 6.82. The molecule has 54 heavy (non-hydrogen) atoms. The number of halogens is 1. The standard InChI is InChI=1S/C42H46FN5O6/c1-48(2)21-19-31(20-22-48)54-42(53)46-36-23-27(11-14-32(36)28-8-4-3-5-9-28)7-6-10-39(51)45-30-13-12-29(35(43)24-30)25-44-26-38(50)33-15-17-37(49)41-34(33)16-18-40(52)47-41/h3-5,8-9,11-18,23-24,31,38,44,50H,6-7,10,19-22,25-26H2,1-2H3,(H3-,45,46,47,49,51,52,53)/p+1/t38-/m1/s1. The number of piperidine rings is 1. The summed E-state index contributed by atoms with van der Waals surface area (Å²) in [6.07, 6.45) is 1.40. The predicted molar refractivity (Wildman–Crippen MR) is 208 cm³/mol. The fraction of sp³-hybridized carbons (Fsp3) is 0.310. The van der Waals surface area contributed by atoms with Crippen LogP contribution in [0.5, 0.6) is 5.75 Å². The quantitative estimate of drug-likeness (QED) is 0.0745. The van der Waals surface area contributed by atoms with E-state index in [1.54, 1.807) is 18.2 Å². The maximum atomic E-state index is 15.0. The number of aromatic nitrogens is 1. The van der Waals surface area contributed by atoms with Gasteiger partial charge in [0.25, 0.3) is 0 Å². The lowest BCUT2D eigenvalue weighted by Crippen LogP contribution is -2.48. The Morgan fingerprint density at radius 2 is 1.74 bits per heavy atom. The number of hydrogen-bond acceptors (Lipinski definition) is 7. The number of phenolic OH excluding ortho intramolecular Hbond substituents is 1. The molecule has 12 heteroatoms. The Morgan fingerprint density at radius 3 is 2.50 bits per heavy atom. The van der Waals surface area contributed by atoms with E-state index in [1.807, 2.05) is 48.5 Å². The van der Waals surface area contributed by atoms with E-state index in [4.69, 9.17) is 4.74 Å². The number of rotatable bonds is 13. The summed E-state index contributed by atoms with van der Waals surface area (Å²) >= 11 is 0. The molecule has 1 saturated heterocycles. The van der Waals surface area contributed by atoms with Crippen molar-refractivity contribution >= 4 is 34.3 Å².